The topological polar surface area (TPSA) is 59.1 Å². The van der Waals surface area contributed by atoms with Crippen LogP contribution in [-0.4, -0.2) is 24.0 Å². The fourth-order valence-corrected chi connectivity index (χ4v) is 2.20. The summed E-state index contributed by atoms with van der Waals surface area (Å²) in [6.45, 7) is 5.67. The van der Waals surface area contributed by atoms with Crippen molar-refractivity contribution in [2.24, 2.45) is 0 Å². The minimum absolute atomic E-state index is 0.599. The molecule has 0 unspecified atom stereocenters. The second-order valence-corrected chi connectivity index (χ2v) is 5.12. The van der Waals surface area contributed by atoms with Gasteiger partial charge in [0.2, 0.25) is 5.95 Å². The molecule has 0 bridgehead atoms. The van der Waals surface area contributed by atoms with E-state index in [1.165, 1.54) is 5.56 Å². The Kier molecular flexibility index (Phi) is 4.06. The van der Waals surface area contributed by atoms with Gasteiger partial charge in [-0.3, -0.25) is 0 Å². The summed E-state index contributed by atoms with van der Waals surface area (Å²) < 4.78 is 5.31. The Labute approximate surface area is 125 Å². The van der Waals surface area contributed by atoms with Crippen molar-refractivity contribution >= 4 is 30.4 Å². The highest BCUT2D eigenvalue weighted by Gasteiger charge is 2.13. The number of fused-ring (bicyclic) bond motifs is 1. The molecule has 21 heavy (non-hydrogen) atoms. The quantitative estimate of drug-likeness (QED) is 0.822. The van der Waals surface area contributed by atoms with Crippen LogP contribution in [-0.2, 0) is 11.3 Å². The number of aromatic nitrogens is 2. The molecule has 0 amide bonds. The van der Waals surface area contributed by atoms with Crippen molar-refractivity contribution in [2.45, 2.75) is 26.9 Å². The van der Waals surface area contributed by atoms with Crippen LogP contribution >= 0.6 is 0 Å². The van der Waals surface area contributed by atoms with E-state index < -0.39 is 0 Å². The van der Waals surface area contributed by atoms with Gasteiger partial charge in [-0.15, -0.1) is 0 Å². The monoisotopic (exact) mass is 281 g/mol. The minimum atomic E-state index is 0.599. The number of benzene rings is 1. The molecule has 1 radical (unpaired) electrons. The fraction of sp³-hybridized carbons (Fsp3) is 0.333. The molecule has 1 aromatic heterocycles. The molecule has 5 nitrogen and oxygen atoms in total. The van der Waals surface area contributed by atoms with Crippen molar-refractivity contribution in [1.29, 1.82) is 0 Å². The maximum absolute atomic E-state index is 5.31. The Morgan fingerprint density at radius 1 is 1.38 bits per heavy atom. The van der Waals surface area contributed by atoms with Crippen LogP contribution in [0.1, 0.15) is 24.5 Å². The molecule has 1 aromatic carbocycles. The molecule has 107 valence electrons. The molecule has 0 spiro atoms. The Hall–Kier alpha value is -2.08. The van der Waals surface area contributed by atoms with Crippen LogP contribution in [0.15, 0.2) is 24.4 Å². The van der Waals surface area contributed by atoms with E-state index in [0.717, 1.165) is 35.5 Å². The second-order valence-electron chi connectivity index (χ2n) is 5.12. The highest BCUT2D eigenvalue weighted by Crippen LogP contribution is 2.18. The SMILES string of the molecule is CCCNc1nc(Nc2ccc3c(c2)CO[B]3)ncc1C. The van der Waals surface area contributed by atoms with Crippen LogP contribution in [0.4, 0.5) is 17.5 Å². The Morgan fingerprint density at radius 3 is 3.14 bits per heavy atom. The standard InChI is InChI=1S/C15H18BN4O/c1-3-6-17-14-10(2)8-18-15(20-14)19-12-4-5-13-11(7-12)9-21-16-13/h4-5,7-8H,3,6,9H2,1-2H3,(H2,17,18,19,20). The highest BCUT2D eigenvalue weighted by atomic mass is 16.4. The molecule has 1 aliphatic heterocycles. The zero-order valence-corrected chi connectivity index (χ0v) is 12.3. The normalized spacial score (nSPS) is 12.7. The molecule has 1 aliphatic rings. The molecule has 0 saturated carbocycles. The van der Waals surface area contributed by atoms with Crippen LogP contribution in [0.3, 0.4) is 0 Å². The Balaban J connectivity index is 1.78. The summed E-state index contributed by atoms with van der Waals surface area (Å²) in [5, 5.41) is 6.56. The van der Waals surface area contributed by atoms with E-state index >= 15 is 0 Å². The third-order valence-electron chi connectivity index (χ3n) is 3.36. The van der Waals surface area contributed by atoms with Gasteiger partial charge in [0.05, 0.1) is 6.61 Å². The summed E-state index contributed by atoms with van der Waals surface area (Å²) in [5.74, 6) is 1.48. The molecule has 2 N–H and O–H groups in total. The summed E-state index contributed by atoms with van der Waals surface area (Å²) in [4.78, 5) is 8.86. The van der Waals surface area contributed by atoms with E-state index in [4.69, 9.17) is 4.65 Å². The molecule has 0 atom stereocenters. The van der Waals surface area contributed by atoms with Crippen molar-refractivity contribution < 1.29 is 4.65 Å². The van der Waals surface area contributed by atoms with Crippen LogP contribution in [0.2, 0.25) is 0 Å². The summed E-state index contributed by atoms with van der Waals surface area (Å²) in [6, 6.07) is 6.11. The minimum Gasteiger partial charge on any atom is -0.430 e. The molecule has 0 aliphatic carbocycles. The average molecular weight is 281 g/mol. The second kappa shape index (κ2) is 6.14. The van der Waals surface area contributed by atoms with Gasteiger partial charge in [0.1, 0.15) is 5.82 Å². The van der Waals surface area contributed by atoms with Gasteiger partial charge < -0.3 is 15.3 Å². The maximum Gasteiger partial charge on any atom is 0.330 e. The van der Waals surface area contributed by atoms with Crippen LogP contribution in [0.5, 0.6) is 0 Å². The first kappa shape index (κ1) is 13.9. The number of nitrogens with one attached hydrogen (secondary N) is 2. The number of hydrogen-bond donors (Lipinski definition) is 2. The van der Waals surface area contributed by atoms with Crippen molar-refractivity contribution in [3.63, 3.8) is 0 Å². The lowest BCUT2D eigenvalue weighted by atomic mass is 9.87. The summed E-state index contributed by atoms with van der Waals surface area (Å²) in [5.41, 5.74) is 4.33. The lowest BCUT2D eigenvalue weighted by Gasteiger charge is -2.11. The number of anilines is 3. The predicted molar refractivity (Wildman–Crippen MR) is 85.5 cm³/mol. The molecule has 0 fully saturated rings. The van der Waals surface area contributed by atoms with Crippen molar-refractivity contribution in [3.05, 3.63) is 35.5 Å². The van der Waals surface area contributed by atoms with E-state index in [1.807, 2.05) is 25.3 Å². The van der Waals surface area contributed by atoms with Crippen molar-refractivity contribution in [2.75, 3.05) is 17.2 Å². The summed E-state index contributed by atoms with van der Waals surface area (Å²) >= 11 is 0. The van der Waals surface area contributed by atoms with Gasteiger partial charge in [0, 0.05) is 24.0 Å². The molecule has 0 saturated heterocycles. The Morgan fingerprint density at radius 2 is 2.29 bits per heavy atom. The summed E-state index contributed by atoms with van der Waals surface area (Å²) in [6.07, 6.45) is 2.89. The fourth-order valence-electron chi connectivity index (χ4n) is 2.20. The van der Waals surface area contributed by atoms with Gasteiger partial charge in [-0.1, -0.05) is 13.0 Å². The van der Waals surface area contributed by atoms with Gasteiger partial charge in [-0.05, 0) is 36.5 Å². The highest BCUT2D eigenvalue weighted by molar-refractivity contribution is 6.48. The first-order chi connectivity index (χ1) is 10.3. The van der Waals surface area contributed by atoms with E-state index in [2.05, 4.69) is 33.6 Å². The molecule has 2 heterocycles. The van der Waals surface area contributed by atoms with Crippen LogP contribution < -0.4 is 16.1 Å². The van der Waals surface area contributed by atoms with Crippen LogP contribution in [0, 0.1) is 6.92 Å². The number of hydrogen-bond acceptors (Lipinski definition) is 5. The van der Waals surface area contributed by atoms with Crippen LogP contribution in [0.25, 0.3) is 0 Å². The first-order valence-corrected chi connectivity index (χ1v) is 7.18. The van der Waals surface area contributed by atoms with E-state index in [1.54, 1.807) is 7.48 Å². The molecule has 6 heteroatoms. The first-order valence-electron chi connectivity index (χ1n) is 7.18. The lowest BCUT2D eigenvalue weighted by Crippen LogP contribution is -2.11. The zero-order valence-electron chi connectivity index (χ0n) is 12.3. The van der Waals surface area contributed by atoms with Gasteiger partial charge >= 0.3 is 7.48 Å². The Bertz CT molecular complexity index is 648. The average Bonchev–Trinajstić information content (AvgIpc) is 2.95. The van der Waals surface area contributed by atoms with E-state index in [0.29, 0.717) is 12.6 Å². The molecular formula is C15H18BN4O. The van der Waals surface area contributed by atoms with Gasteiger partial charge in [-0.2, -0.15) is 4.98 Å². The predicted octanol–water partition coefficient (Wildman–Crippen LogP) is 2.13. The molecule has 3 rings (SSSR count). The zero-order chi connectivity index (χ0) is 14.7. The van der Waals surface area contributed by atoms with Gasteiger partial charge in [-0.25, -0.2) is 4.98 Å². The number of aryl methyl sites for hydroxylation is 1. The smallest absolute Gasteiger partial charge is 0.330 e. The lowest BCUT2D eigenvalue weighted by molar-refractivity contribution is 0.345. The molecular weight excluding hydrogens is 263 g/mol. The summed E-state index contributed by atoms with van der Waals surface area (Å²) in [7, 11) is 1.79. The largest absolute Gasteiger partial charge is 0.430 e. The third kappa shape index (κ3) is 3.16. The van der Waals surface area contributed by atoms with E-state index in [-0.39, 0.29) is 0 Å². The van der Waals surface area contributed by atoms with Crippen molar-refractivity contribution in [1.82, 2.24) is 9.97 Å². The maximum atomic E-state index is 5.31. The third-order valence-corrected chi connectivity index (χ3v) is 3.36. The van der Waals surface area contributed by atoms with Gasteiger partial charge in [0.25, 0.3) is 0 Å². The number of rotatable bonds is 5. The number of nitrogens with zero attached hydrogens (tertiary/aromatic N) is 2. The van der Waals surface area contributed by atoms with E-state index in [9.17, 15) is 0 Å². The molecule has 2 aromatic rings. The van der Waals surface area contributed by atoms with Crippen molar-refractivity contribution in [3.8, 4) is 0 Å². The van der Waals surface area contributed by atoms with Gasteiger partial charge in [0.15, 0.2) is 0 Å².